The van der Waals surface area contributed by atoms with E-state index in [-0.39, 0.29) is 0 Å². The summed E-state index contributed by atoms with van der Waals surface area (Å²) in [5, 5.41) is 12.4. The van der Waals surface area contributed by atoms with Crippen molar-refractivity contribution in [3.63, 3.8) is 0 Å². The number of ether oxygens (including phenoxy) is 2. The highest BCUT2D eigenvalue weighted by atomic mass is 16.5. The van der Waals surface area contributed by atoms with Gasteiger partial charge in [0.05, 0.1) is 25.0 Å². The number of nitriles is 1. The molecule has 0 bridgehead atoms. The molecule has 0 radical (unpaired) electrons. The molecule has 21 heavy (non-hydrogen) atoms. The van der Waals surface area contributed by atoms with Gasteiger partial charge in [-0.3, -0.25) is 0 Å². The van der Waals surface area contributed by atoms with Gasteiger partial charge in [0.15, 0.2) is 11.5 Å². The molecule has 0 saturated carbocycles. The highest BCUT2D eigenvalue weighted by Gasteiger charge is 2.10. The smallest absolute Gasteiger partial charge is 0.165 e. The SMILES string of the molecule is CCOc1cccc(CNc2ccccc2C#N)c1OC. The number of anilines is 1. The molecule has 0 aliphatic heterocycles. The van der Waals surface area contributed by atoms with Crippen LogP contribution in [-0.4, -0.2) is 13.7 Å². The predicted octanol–water partition coefficient (Wildman–Crippen LogP) is 3.58. The molecule has 0 aliphatic carbocycles. The van der Waals surface area contributed by atoms with E-state index < -0.39 is 0 Å². The van der Waals surface area contributed by atoms with E-state index in [9.17, 15) is 0 Å². The molecule has 0 heterocycles. The predicted molar refractivity (Wildman–Crippen MR) is 82.6 cm³/mol. The van der Waals surface area contributed by atoms with Crippen LogP contribution in [0, 0.1) is 11.3 Å². The zero-order chi connectivity index (χ0) is 15.1. The van der Waals surface area contributed by atoms with Crippen LogP contribution < -0.4 is 14.8 Å². The average Bonchev–Trinajstić information content (AvgIpc) is 2.53. The maximum atomic E-state index is 9.10. The number of benzene rings is 2. The number of nitrogens with zero attached hydrogens (tertiary/aromatic N) is 1. The van der Waals surface area contributed by atoms with E-state index in [4.69, 9.17) is 14.7 Å². The molecule has 0 spiro atoms. The number of hydrogen-bond acceptors (Lipinski definition) is 4. The molecule has 2 aromatic carbocycles. The second kappa shape index (κ2) is 7.20. The van der Waals surface area contributed by atoms with Gasteiger partial charge in [-0.25, -0.2) is 0 Å². The second-order valence-electron chi connectivity index (χ2n) is 4.39. The Morgan fingerprint density at radius 3 is 2.67 bits per heavy atom. The van der Waals surface area contributed by atoms with Crippen molar-refractivity contribution in [2.45, 2.75) is 13.5 Å². The maximum Gasteiger partial charge on any atom is 0.165 e. The third-order valence-corrected chi connectivity index (χ3v) is 3.08. The first-order valence-electron chi connectivity index (χ1n) is 6.81. The van der Waals surface area contributed by atoms with E-state index >= 15 is 0 Å². The van der Waals surface area contributed by atoms with Crippen LogP contribution in [0.15, 0.2) is 42.5 Å². The zero-order valence-electron chi connectivity index (χ0n) is 12.2. The molecule has 0 fully saturated rings. The number of nitrogens with one attached hydrogen (secondary N) is 1. The van der Waals surface area contributed by atoms with Crippen molar-refractivity contribution >= 4 is 5.69 Å². The fourth-order valence-corrected chi connectivity index (χ4v) is 2.13. The molecule has 2 rings (SSSR count). The van der Waals surface area contributed by atoms with Crippen LogP contribution in [0.2, 0.25) is 0 Å². The normalized spacial score (nSPS) is 9.76. The van der Waals surface area contributed by atoms with Crippen molar-refractivity contribution in [3.05, 3.63) is 53.6 Å². The number of methoxy groups -OCH3 is 1. The van der Waals surface area contributed by atoms with Crippen molar-refractivity contribution in [2.75, 3.05) is 19.0 Å². The fraction of sp³-hybridized carbons (Fsp3) is 0.235. The number of para-hydroxylation sites is 2. The number of rotatable bonds is 6. The molecule has 0 amide bonds. The van der Waals surface area contributed by atoms with E-state index in [0.29, 0.717) is 18.7 Å². The summed E-state index contributed by atoms with van der Waals surface area (Å²) in [6, 6.07) is 15.4. The summed E-state index contributed by atoms with van der Waals surface area (Å²) < 4.78 is 11.0. The monoisotopic (exact) mass is 282 g/mol. The van der Waals surface area contributed by atoms with Gasteiger partial charge in [-0.1, -0.05) is 24.3 Å². The third-order valence-electron chi connectivity index (χ3n) is 3.08. The molecule has 0 atom stereocenters. The molecule has 1 N–H and O–H groups in total. The van der Waals surface area contributed by atoms with Crippen molar-refractivity contribution in [1.29, 1.82) is 5.26 Å². The molecule has 108 valence electrons. The lowest BCUT2D eigenvalue weighted by Gasteiger charge is -2.15. The Morgan fingerprint density at radius 1 is 1.14 bits per heavy atom. The second-order valence-corrected chi connectivity index (χ2v) is 4.39. The maximum absolute atomic E-state index is 9.10. The van der Waals surface area contributed by atoms with Crippen molar-refractivity contribution in [1.82, 2.24) is 0 Å². The third kappa shape index (κ3) is 3.46. The highest BCUT2D eigenvalue weighted by molar-refractivity contribution is 5.58. The van der Waals surface area contributed by atoms with E-state index in [1.807, 2.05) is 43.3 Å². The molecule has 4 nitrogen and oxygen atoms in total. The standard InChI is InChI=1S/C17H18N2O2/c1-3-21-16-10-6-8-14(17(16)20-2)12-19-15-9-5-4-7-13(15)11-18/h4-10,19H,3,12H2,1-2H3. The summed E-state index contributed by atoms with van der Waals surface area (Å²) in [7, 11) is 1.63. The first-order chi connectivity index (χ1) is 10.3. The van der Waals surface area contributed by atoms with Gasteiger partial charge in [0, 0.05) is 12.1 Å². The lowest BCUT2D eigenvalue weighted by atomic mass is 10.1. The van der Waals surface area contributed by atoms with E-state index in [1.54, 1.807) is 13.2 Å². The van der Waals surface area contributed by atoms with Crippen LogP contribution in [0.25, 0.3) is 0 Å². The lowest BCUT2D eigenvalue weighted by Crippen LogP contribution is -2.04. The molecule has 2 aromatic rings. The Hall–Kier alpha value is -2.67. The van der Waals surface area contributed by atoms with Gasteiger partial charge in [0.2, 0.25) is 0 Å². The quantitative estimate of drug-likeness (QED) is 0.880. The van der Waals surface area contributed by atoms with Crippen LogP contribution in [0.5, 0.6) is 11.5 Å². The topological polar surface area (TPSA) is 54.3 Å². The van der Waals surface area contributed by atoms with Crippen molar-refractivity contribution in [3.8, 4) is 17.6 Å². The summed E-state index contributed by atoms with van der Waals surface area (Å²) in [6.45, 7) is 3.08. The van der Waals surface area contributed by atoms with E-state index in [1.165, 1.54) is 0 Å². The Kier molecular flexibility index (Phi) is 5.05. The van der Waals surface area contributed by atoms with Crippen LogP contribution in [0.4, 0.5) is 5.69 Å². The van der Waals surface area contributed by atoms with Gasteiger partial charge < -0.3 is 14.8 Å². The minimum absolute atomic E-state index is 0.558. The van der Waals surface area contributed by atoms with Crippen LogP contribution in [0.1, 0.15) is 18.1 Å². The van der Waals surface area contributed by atoms with Gasteiger partial charge >= 0.3 is 0 Å². The summed E-state index contributed by atoms with van der Waals surface area (Å²) in [5.41, 5.74) is 2.41. The summed E-state index contributed by atoms with van der Waals surface area (Å²) in [6.07, 6.45) is 0. The van der Waals surface area contributed by atoms with Crippen LogP contribution in [-0.2, 0) is 6.54 Å². The molecular formula is C17H18N2O2. The molecular weight excluding hydrogens is 264 g/mol. The molecule has 0 aliphatic rings. The summed E-state index contributed by atoms with van der Waals surface area (Å²) in [5.74, 6) is 1.45. The molecule has 0 saturated heterocycles. The van der Waals surface area contributed by atoms with Gasteiger partial charge in [-0.2, -0.15) is 5.26 Å². The zero-order valence-corrected chi connectivity index (χ0v) is 12.2. The Bertz CT molecular complexity index is 647. The highest BCUT2D eigenvalue weighted by Crippen LogP contribution is 2.31. The van der Waals surface area contributed by atoms with Crippen LogP contribution in [0.3, 0.4) is 0 Å². The van der Waals surface area contributed by atoms with Gasteiger partial charge in [-0.05, 0) is 25.1 Å². The Morgan fingerprint density at radius 2 is 1.95 bits per heavy atom. The van der Waals surface area contributed by atoms with Gasteiger partial charge in [0.1, 0.15) is 6.07 Å². The first-order valence-corrected chi connectivity index (χ1v) is 6.81. The first kappa shape index (κ1) is 14.7. The van der Waals surface area contributed by atoms with Crippen molar-refractivity contribution in [2.24, 2.45) is 0 Å². The van der Waals surface area contributed by atoms with Crippen LogP contribution >= 0.6 is 0 Å². The molecule has 4 heteroatoms. The summed E-state index contributed by atoms with van der Waals surface area (Å²) >= 11 is 0. The molecule has 0 unspecified atom stereocenters. The lowest BCUT2D eigenvalue weighted by molar-refractivity contribution is 0.309. The minimum atomic E-state index is 0.558. The number of hydrogen-bond donors (Lipinski definition) is 1. The largest absolute Gasteiger partial charge is 0.493 e. The van der Waals surface area contributed by atoms with Gasteiger partial charge in [0.25, 0.3) is 0 Å². The average molecular weight is 282 g/mol. The van der Waals surface area contributed by atoms with E-state index in [2.05, 4.69) is 11.4 Å². The van der Waals surface area contributed by atoms with E-state index in [0.717, 1.165) is 22.7 Å². The van der Waals surface area contributed by atoms with Gasteiger partial charge in [-0.15, -0.1) is 0 Å². The summed E-state index contributed by atoms with van der Waals surface area (Å²) in [4.78, 5) is 0. The minimum Gasteiger partial charge on any atom is -0.493 e. The van der Waals surface area contributed by atoms with Crippen molar-refractivity contribution < 1.29 is 9.47 Å². The fourth-order valence-electron chi connectivity index (χ4n) is 2.13. The molecule has 0 aromatic heterocycles. The Balaban J connectivity index is 2.20. The Labute approximate surface area is 124 Å².